The van der Waals surface area contributed by atoms with Crippen molar-refractivity contribution in [3.05, 3.63) is 29.8 Å². The fourth-order valence-corrected chi connectivity index (χ4v) is 2.89. The maximum atomic E-state index is 13.5. The highest BCUT2D eigenvalue weighted by Gasteiger charge is 2.27. The van der Waals surface area contributed by atoms with Gasteiger partial charge in [-0.25, -0.2) is 17.2 Å². The Morgan fingerprint density at radius 2 is 2.11 bits per heavy atom. The summed E-state index contributed by atoms with van der Waals surface area (Å²) in [4.78, 5) is -0.792. The Balaban J connectivity index is 3.24. The average molecular weight is 293 g/mol. The van der Waals surface area contributed by atoms with Crippen LogP contribution in [0.3, 0.4) is 0 Å². The van der Waals surface area contributed by atoms with E-state index in [2.05, 4.69) is 5.16 Å². The van der Waals surface area contributed by atoms with Crippen LogP contribution in [0.25, 0.3) is 0 Å². The van der Waals surface area contributed by atoms with Gasteiger partial charge in [-0.15, -0.1) is 0 Å². The van der Waals surface area contributed by atoms with Crippen LogP contribution in [0.5, 0.6) is 0 Å². The number of nitrogens with zero attached hydrogens (tertiary/aromatic N) is 2. The quantitative estimate of drug-likeness (QED) is 0.362. The number of amidine groups is 1. The van der Waals surface area contributed by atoms with E-state index in [0.717, 1.165) is 16.4 Å². The van der Waals surface area contributed by atoms with Gasteiger partial charge in [0.25, 0.3) is 0 Å². The van der Waals surface area contributed by atoms with E-state index in [1.165, 1.54) is 6.92 Å². The lowest BCUT2D eigenvalue weighted by Crippen LogP contribution is -2.38. The molecule has 1 aromatic rings. The number of hydrogen-bond donors (Lipinski definition) is 2. The Labute approximate surface area is 109 Å². The van der Waals surface area contributed by atoms with Crippen molar-refractivity contribution >= 4 is 15.9 Å². The summed E-state index contributed by atoms with van der Waals surface area (Å²) in [7, 11) is -4.26. The minimum atomic E-state index is -4.26. The van der Waals surface area contributed by atoms with Gasteiger partial charge in [0.15, 0.2) is 5.84 Å². The summed E-state index contributed by atoms with van der Waals surface area (Å²) >= 11 is 0. The lowest BCUT2D eigenvalue weighted by molar-refractivity contribution is 0.315. The summed E-state index contributed by atoms with van der Waals surface area (Å²) in [6.45, 7) is 1.01. The van der Waals surface area contributed by atoms with Gasteiger partial charge in [-0.05, 0) is 18.2 Å². The molecule has 0 aromatic heterocycles. The van der Waals surface area contributed by atoms with Crippen LogP contribution in [0.4, 0.5) is 8.78 Å². The van der Waals surface area contributed by atoms with E-state index in [0.29, 0.717) is 6.07 Å². The van der Waals surface area contributed by atoms with Gasteiger partial charge in [-0.2, -0.15) is 4.31 Å². The normalized spacial score (nSPS) is 12.9. The molecule has 0 bridgehead atoms. The van der Waals surface area contributed by atoms with Crippen molar-refractivity contribution in [2.24, 2.45) is 10.9 Å². The monoisotopic (exact) mass is 293 g/mol. The van der Waals surface area contributed by atoms with Gasteiger partial charge in [-0.3, -0.25) is 0 Å². The zero-order valence-corrected chi connectivity index (χ0v) is 10.9. The standard InChI is InChI=1S/C10H13F2N3O3S/c1-2-15(6-10(13)14-16)19(17,18)9-5-7(11)3-4-8(9)12/h3-5,16H,2,6H2,1H3,(H2,13,14). The van der Waals surface area contributed by atoms with Crippen molar-refractivity contribution in [3.8, 4) is 0 Å². The molecular weight excluding hydrogens is 280 g/mol. The SMILES string of the molecule is CCN(CC(N)=NO)S(=O)(=O)c1cc(F)ccc1F. The van der Waals surface area contributed by atoms with Crippen LogP contribution in [-0.4, -0.2) is 36.9 Å². The Hall–Kier alpha value is -1.74. The van der Waals surface area contributed by atoms with Crippen molar-refractivity contribution < 1.29 is 22.4 Å². The van der Waals surface area contributed by atoms with E-state index in [-0.39, 0.29) is 12.4 Å². The maximum absolute atomic E-state index is 13.5. The van der Waals surface area contributed by atoms with Gasteiger partial charge in [0.1, 0.15) is 16.5 Å². The highest BCUT2D eigenvalue weighted by molar-refractivity contribution is 7.89. The molecule has 1 aromatic carbocycles. The topological polar surface area (TPSA) is 96.0 Å². The van der Waals surface area contributed by atoms with E-state index in [1.807, 2.05) is 0 Å². The Morgan fingerprint density at radius 1 is 1.47 bits per heavy atom. The number of benzene rings is 1. The number of sulfonamides is 1. The van der Waals surface area contributed by atoms with Crippen molar-refractivity contribution in [1.82, 2.24) is 4.31 Å². The number of likely N-dealkylation sites (N-methyl/N-ethyl adjacent to an activating group) is 1. The molecule has 0 saturated carbocycles. The number of nitrogens with two attached hydrogens (primary N) is 1. The third-order valence-corrected chi connectivity index (χ3v) is 4.27. The van der Waals surface area contributed by atoms with Gasteiger partial charge < -0.3 is 10.9 Å². The molecule has 0 aliphatic carbocycles. The van der Waals surface area contributed by atoms with E-state index in [4.69, 9.17) is 10.9 Å². The second-order valence-corrected chi connectivity index (χ2v) is 5.50. The van der Waals surface area contributed by atoms with Crippen LogP contribution in [0.2, 0.25) is 0 Å². The van der Waals surface area contributed by atoms with E-state index >= 15 is 0 Å². The second-order valence-electron chi connectivity index (χ2n) is 3.60. The number of rotatable bonds is 5. The van der Waals surface area contributed by atoms with E-state index in [9.17, 15) is 17.2 Å². The first-order chi connectivity index (χ1) is 8.82. The molecule has 3 N–H and O–H groups in total. The van der Waals surface area contributed by atoms with Crippen LogP contribution in [-0.2, 0) is 10.0 Å². The summed E-state index contributed by atoms with van der Waals surface area (Å²) in [5.74, 6) is -2.30. The summed E-state index contributed by atoms with van der Waals surface area (Å²) in [6.07, 6.45) is 0. The van der Waals surface area contributed by atoms with Crippen LogP contribution in [0, 0.1) is 11.6 Å². The molecule has 0 aliphatic heterocycles. The van der Waals surface area contributed by atoms with Crippen molar-refractivity contribution in [1.29, 1.82) is 0 Å². The summed E-state index contributed by atoms with van der Waals surface area (Å²) in [5, 5.41) is 11.1. The smallest absolute Gasteiger partial charge is 0.246 e. The molecule has 0 amide bonds. The highest BCUT2D eigenvalue weighted by Crippen LogP contribution is 2.20. The molecule has 0 atom stereocenters. The number of oxime groups is 1. The summed E-state index contributed by atoms with van der Waals surface area (Å²) in [6, 6.07) is 2.12. The Bertz CT molecular complexity index is 590. The van der Waals surface area contributed by atoms with Gasteiger partial charge in [-0.1, -0.05) is 12.1 Å². The predicted molar refractivity (Wildman–Crippen MR) is 64.2 cm³/mol. The molecule has 0 unspecified atom stereocenters. The van der Waals surface area contributed by atoms with E-state index in [1.54, 1.807) is 0 Å². The Kier molecular flexibility index (Phi) is 4.78. The molecule has 19 heavy (non-hydrogen) atoms. The minimum absolute atomic E-state index is 0.0471. The molecule has 0 fully saturated rings. The van der Waals surface area contributed by atoms with Gasteiger partial charge in [0, 0.05) is 6.54 Å². The lowest BCUT2D eigenvalue weighted by atomic mass is 10.3. The van der Waals surface area contributed by atoms with Crippen molar-refractivity contribution in [2.75, 3.05) is 13.1 Å². The second kappa shape index (κ2) is 5.93. The van der Waals surface area contributed by atoms with Gasteiger partial charge >= 0.3 is 0 Å². The molecule has 9 heteroatoms. The van der Waals surface area contributed by atoms with Crippen molar-refractivity contribution in [3.63, 3.8) is 0 Å². The third kappa shape index (κ3) is 3.38. The third-order valence-electron chi connectivity index (χ3n) is 2.33. The molecule has 1 rings (SSSR count). The van der Waals surface area contributed by atoms with Gasteiger partial charge in [0.2, 0.25) is 10.0 Å². The first kappa shape index (κ1) is 15.3. The van der Waals surface area contributed by atoms with Crippen LogP contribution in [0.1, 0.15) is 6.92 Å². The first-order valence-electron chi connectivity index (χ1n) is 5.24. The van der Waals surface area contributed by atoms with Crippen LogP contribution in [0.15, 0.2) is 28.3 Å². The molecular formula is C10H13F2N3O3S. The van der Waals surface area contributed by atoms with Crippen LogP contribution < -0.4 is 5.73 Å². The fraction of sp³-hybridized carbons (Fsp3) is 0.300. The first-order valence-corrected chi connectivity index (χ1v) is 6.68. The lowest BCUT2D eigenvalue weighted by Gasteiger charge is -2.19. The summed E-state index contributed by atoms with van der Waals surface area (Å²) in [5.41, 5.74) is 5.22. The van der Waals surface area contributed by atoms with E-state index < -0.39 is 33.1 Å². The number of halogens is 2. The highest BCUT2D eigenvalue weighted by atomic mass is 32.2. The Morgan fingerprint density at radius 3 is 2.63 bits per heavy atom. The molecule has 0 saturated heterocycles. The molecule has 0 radical (unpaired) electrons. The summed E-state index contributed by atoms with van der Waals surface area (Å²) < 4.78 is 51.5. The molecule has 0 spiro atoms. The largest absolute Gasteiger partial charge is 0.409 e. The van der Waals surface area contributed by atoms with Crippen LogP contribution >= 0.6 is 0 Å². The predicted octanol–water partition coefficient (Wildman–Crippen LogP) is 0.722. The zero-order chi connectivity index (χ0) is 14.6. The average Bonchev–Trinajstić information content (AvgIpc) is 2.37. The number of hydrogen-bond acceptors (Lipinski definition) is 4. The maximum Gasteiger partial charge on any atom is 0.246 e. The zero-order valence-electron chi connectivity index (χ0n) is 10.0. The van der Waals surface area contributed by atoms with Crippen molar-refractivity contribution in [2.45, 2.75) is 11.8 Å². The molecule has 106 valence electrons. The molecule has 0 aliphatic rings. The molecule has 6 nitrogen and oxygen atoms in total. The molecule has 0 heterocycles. The fourth-order valence-electron chi connectivity index (χ4n) is 1.39. The van der Waals surface area contributed by atoms with Gasteiger partial charge in [0.05, 0.1) is 6.54 Å². The minimum Gasteiger partial charge on any atom is -0.409 e.